The van der Waals surface area contributed by atoms with Crippen molar-refractivity contribution in [2.24, 2.45) is 0 Å². The molecule has 0 spiro atoms. The minimum absolute atomic E-state index is 1.13. The number of aromatic nitrogens is 1. The third kappa shape index (κ3) is 0.978. The fourth-order valence-electron chi connectivity index (χ4n) is 2.67. The molecule has 0 amide bonds. The molecule has 0 unspecified atom stereocenters. The molecule has 78 valence electrons. The molecule has 0 radical (unpaired) electrons. The molecule has 3 aromatic rings. The van der Waals surface area contributed by atoms with Crippen molar-refractivity contribution in [3.05, 3.63) is 42.5 Å². The van der Waals surface area contributed by atoms with E-state index in [2.05, 4.69) is 47.0 Å². The third-order valence-electron chi connectivity index (χ3n) is 3.33. The molecule has 4 rings (SSSR count). The highest BCUT2D eigenvalue weighted by atomic mass is 32.2. The number of thioether (sulfide) groups is 1. The van der Waals surface area contributed by atoms with E-state index in [1.54, 1.807) is 0 Å². The smallest absolute Gasteiger partial charge is 0.0629 e. The van der Waals surface area contributed by atoms with Crippen LogP contribution in [0, 0.1) is 0 Å². The Morgan fingerprint density at radius 1 is 0.938 bits per heavy atom. The van der Waals surface area contributed by atoms with Gasteiger partial charge >= 0.3 is 0 Å². The molecule has 0 fully saturated rings. The molecule has 2 aromatic carbocycles. The van der Waals surface area contributed by atoms with Gasteiger partial charge in [0.05, 0.1) is 5.52 Å². The van der Waals surface area contributed by atoms with Gasteiger partial charge in [0.2, 0.25) is 0 Å². The summed E-state index contributed by atoms with van der Waals surface area (Å²) in [5.41, 5.74) is 2.81. The lowest BCUT2D eigenvalue weighted by molar-refractivity contribution is 0.821. The molecule has 0 saturated carbocycles. The van der Waals surface area contributed by atoms with Gasteiger partial charge in [0, 0.05) is 33.5 Å². The summed E-state index contributed by atoms with van der Waals surface area (Å²) in [6, 6.07) is 15.4. The van der Waals surface area contributed by atoms with E-state index in [-0.39, 0.29) is 0 Å². The second-order valence-electron chi connectivity index (χ2n) is 4.17. The molecule has 1 aromatic heterocycles. The highest BCUT2D eigenvalue weighted by Gasteiger charge is 2.16. The zero-order chi connectivity index (χ0) is 10.5. The Balaban J connectivity index is 2.36. The highest BCUT2D eigenvalue weighted by Crippen LogP contribution is 2.38. The number of hydrogen-bond donors (Lipinski definition) is 0. The number of fused-ring (bicyclic) bond motifs is 3. The second kappa shape index (κ2) is 3.05. The van der Waals surface area contributed by atoms with Crippen molar-refractivity contribution < 1.29 is 0 Å². The Morgan fingerprint density at radius 2 is 1.81 bits per heavy atom. The number of para-hydroxylation sites is 2. The lowest BCUT2D eigenvalue weighted by atomic mass is 10.1. The van der Waals surface area contributed by atoms with Gasteiger partial charge in [-0.15, -0.1) is 11.8 Å². The van der Waals surface area contributed by atoms with Crippen LogP contribution in [0.25, 0.3) is 21.8 Å². The Kier molecular flexibility index (Phi) is 1.66. The van der Waals surface area contributed by atoms with Gasteiger partial charge < -0.3 is 4.57 Å². The van der Waals surface area contributed by atoms with Crippen LogP contribution in [0.4, 0.5) is 0 Å². The maximum Gasteiger partial charge on any atom is 0.0629 e. The van der Waals surface area contributed by atoms with E-state index in [9.17, 15) is 0 Å². The lowest BCUT2D eigenvalue weighted by Gasteiger charge is -2.15. The summed E-state index contributed by atoms with van der Waals surface area (Å²) >= 11 is 1.98. The largest absolute Gasteiger partial charge is 0.339 e. The van der Waals surface area contributed by atoms with E-state index >= 15 is 0 Å². The van der Waals surface area contributed by atoms with Crippen LogP contribution < -0.4 is 0 Å². The summed E-state index contributed by atoms with van der Waals surface area (Å²) in [5.74, 6) is 1.19. The van der Waals surface area contributed by atoms with Crippen LogP contribution >= 0.6 is 11.8 Å². The molecule has 16 heavy (non-hydrogen) atoms. The molecule has 0 saturated heterocycles. The number of benzene rings is 2. The van der Waals surface area contributed by atoms with Crippen molar-refractivity contribution in [3.63, 3.8) is 0 Å². The summed E-state index contributed by atoms with van der Waals surface area (Å²) in [5, 5.41) is 2.79. The topological polar surface area (TPSA) is 4.93 Å². The van der Waals surface area contributed by atoms with Gasteiger partial charge in [0.15, 0.2) is 0 Å². The Bertz CT molecular complexity index is 696. The number of hydrogen-bond acceptors (Lipinski definition) is 1. The maximum absolute atomic E-state index is 2.47. The van der Waals surface area contributed by atoms with Crippen LogP contribution in [-0.4, -0.2) is 10.3 Å². The van der Waals surface area contributed by atoms with Gasteiger partial charge in [0.25, 0.3) is 0 Å². The second-order valence-corrected chi connectivity index (χ2v) is 5.31. The minimum Gasteiger partial charge on any atom is -0.339 e. The lowest BCUT2D eigenvalue weighted by Crippen LogP contribution is -2.05. The summed E-state index contributed by atoms with van der Waals surface area (Å²) < 4.78 is 2.47. The summed E-state index contributed by atoms with van der Waals surface area (Å²) in [6.07, 6.45) is 0. The fourth-order valence-corrected chi connectivity index (χ4v) is 3.70. The summed E-state index contributed by atoms with van der Waals surface area (Å²) in [6.45, 7) is 1.13. The highest BCUT2D eigenvalue weighted by molar-refractivity contribution is 7.99. The molecular formula is C14H11NS. The average Bonchev–Trinajstić information content (AvgIpc) is 2.68. The molecule has 2 heteroatoms. The average molecular weight is 225 g/mol. The van der Waals surface area contributed by atoms with Crippen LogP contribution in [0.2, 0.25) is 0 Å². The van der Waals surface area contributed by atoms with Crippen LogP contribution in [0.5, 0.6) is 0 Å². The first-order chi connectivity index (χ1) is 7.95. The van der Waals surface area contributed by atoms with Gasteiger partial charge in [0.1, 0.15) is 0 Å². The van der Waals surface area contributed by atoms with Crippen LogP contribution in [0.15, 0.2) is 47.4 Å². The first-order valence-electron chi connectivity index (χ1n) is 5.58. The van der Waals surface area contributed by atoms with E-state index in [4.69, 9.17) is 0 Å². The molecule has 1 nitrogen and oxygen atoms in total. The number of nitrogens with zero attached hydrogens (tertiary/aromatic N) is 1. The van der Waals surface area contributed by atoms with Crippen molar-refractivity contribution in [2.45, 2.75) is 11.4 Å². The fraction of sp³-hybridized carbons (Fsp3) is 0.143. The first-order valence-corrected chi connectivity index (χ1v) is 6.56. The van der Waals surface area contributed by atoms with E-state index in [0.29, 0.717) is 0 Å². The normalized spacial score (nSPS) is 14.8. The van der Waals surface area contributed by atoms with Gasteiger partial charge in [-0.1, -0.05) is 30.3 Å². The molecule has 0 N–H and O–H groups in total. The molecular weight excluding hydrogens is 214 g/mol. The molecule has 1 aliphatic rings. The van der Waals surface area contributed by atoms with E-state index in [1.807, 2.05) is 11.8 Å². The van der Waals surface area contributed by atoms with Crippen LogP contribution in [0.3, 0.4) is 0 Å². The molecule has 0 atom stereocenters. The molecule has 0 aliphatic carbocycles. The zero-order valence-electron chi connectivity index (χ0n) is 8.81. The summed E-state index contributed by atoms with van der Waals surface area (Å²) in [7, 11) is 0. The monoisotopic (exact) mass is 225 g/mol. The van der Waals surface area contributed by atoms with E-state index < -0.39 is 0 Å². The molecule has 1 aliphatic heterocycles. The third-order valence-corrected chi connectivity index (χ3v) is 4.35. The van der Waals surface area contributed by atoms with E-state index in [0.717, 1.165) is 6.54 Å². The predicted molar refractivity (Wildman–Crippen MR) is 70.2 cm³/mol. The van der Waals surface area contributed by atoms with Crippen LogP contribution in [0.1, 0.15) is 0 Å². The van der Waals surface area contributed by atoms with Crippen molar-refractivity contribution in [3.8, 4) is 0 Å². The zero-order valence-corrected chi connectivity index (χ0v) is 9.63. The van der Waals surface area contributed by atoms with Crippen molar-refractivity contribution in [1.82, 2.24) is 4.57 Å². The molecule has 0 bridgehead atoms. The number of aryl methyl sites for hydroxylation is 1. The SMILES string of the molecule is c1ccc2c(c1)c1cccc3c1n2CCS3. The van der Waals surface area contributed by atoms with Crippen LogP contribution in [-0.2, 0) is 6.54 Å². The standard InChI is InChI=1S/C14H11NS/c1-2-6-12-10(4-1)11-5-3-7-13-14(11)15(12)8-9-16-13/h1-7H,8-9H2. The van der Waals surface area contributed by atoms with Gasteiger partial charge in [-0.05, 0) is 12.1 Å². The van der Waals surface area contributed by atoms with Gasteiger partial charge in [-0.25, -0.2) is 0 Å². The van der Waals surface area contributed by atoms with Crippen molar-refractivity contribution in [1.29, 1.82) is 0 Å². The van der Waals surface area contributed by atoms with Gasteiger partial charge in [-0.2, -0.15) is 0 Å². The quantitative estimate of drug-likeness (QED) is 0.561. The van der Waals surface area contributed by atoms with Gasteiger partial charge in [-0.3, -0.25) is 0 Å². The Labute approximate surface area is 98.1 Å². The Morgan fingerprint density at radius 3 is 2.81 bits per heavy atom. The first kappa shape index (κ1) is 8.71. The molecule has 2 heterocycles. The minimum atomic E-state index is 1.13. The number of rotatable bonds is 0. The predicted octanol–water partition coefficient (Wildman–Crippen LogP) is 3.90. The maximum atomic E-state index is 2.47. The van der Waals surface area contributed by atoms with Crippen molar-refractivity contribution >= 4 is 33.6 Å². The Hall–Kier alpha value is -1.41. The van der Waals surface area contributed by atoms with E-state index in [1.165, 1.54) is 32.5 Å². The van der Waals surface area contributed by atoms with Crippen molar-refractivity contribution in [2.75, 3.05) is 5.75 Å². The summed E-state index contributed by atoms with van der Waals surface area (Å²) in [4.78, 5) is 1.43.